The zero-order valence-corrected chi connectivity index (χ0v) is 15.9. The van der Waals surface area contributed by atoms with Crippen LogP contribution in [0.3, 0.4) is 0 Å². The Morgan fingerprint density at radius 2 is 1.77 bits per heavy atom. The standard InChI is InChI=1S/C22H17NO7/c1-29-22(26)16-8-6-14(7-9-16)12-17(21(24)25)13-30-20-18-5-3-2-4-15(18)10-11-19(20)23(27)28/h2-12H,13H2,1H3,(H,24,25)/b17-12-. The molecular formula is C22H17NO7. The monoisotopic (exact) mass is 407 g/mol. The normalized spacial score (nSPS) is 11.2. The maximum Gasteiger partial charge on any atom is 0.337 e. The number of carboxylic acids is 1. The van der Waals surface area contributed by atoms with E-state index in [2.05, 4.69) is 4.74 Å². The highest BCUT2D eigenvalue weighted by atomic mass is 16.6. The SMILES string of the molecule is COC(=O)c1ccc(/C=C(/COc2c([N+](=O)[O-])ccc3ccccc23)C(=O)O)cc1. The molecule has 0 unspecified atom stereocenters. The first kappa shape index (κ1) is 20.5. The predicted molar refractivity (Wildman–Crippen MR) is 109 cm³/mol. The van der Waals surface area contributed by atoms with Gasteiger partial charge in [0.15, 0.2) is 0 Å². The van der Waals surface area contributed by atoms with Crippen molar-refractivity contribution in [3.05, 3.63) is 87.5 Å². The molecule has 3 aromatic rings. The van der Waals surface area contributed by atoms with Crippen LogP contribution in [0.2, 0.25) is 0 Å². The first-order valence-electron chi connectivity index (χ1n) is 8.82. The molecule has 0 aliphatic heterocycles. The zero-order valence-electron chi connectivity index (χ0n) is 15.9. The number of ether oxygens (including phenoxy) is 2. The van der Waals surface area contributed by atoms with Crippen LogP contribution in [-0.2, 0) is 9.53 Å². The number of carbonyl (C=O) groups excluding carboxylic acids is 1. The molecule has 0 aliphatic carbocycles. The number of nitrogens with zero attached hydrogens (tertiary/aromatic N) is 1. The minimum atomic E-state index is -1.23. The summed E-state index contributed by atoms with van der Waals surface area (Å²) >= 11 is 0. The average molecular weight is 407 g/mol. The van der Waals surface area contributed by atoms with E-state index in [1.807, 2.05) is 0 Å². The number of fused-ring (bicyclic) bond motifs is 1. The number of hydrogen-bond donors (Lipinski definition) is 1. The Bertz CT molecular complexity index is 1150. The number of methoxy groups -OCH3 is 1. The molecule has 0 spiro atoms. The van der Waals surface area contributed by atoms with Crippen LogP contribution in [-0.4, -0.2) is 35.7 Å². The minimum absolute atomic E-state index is 0.00582. The lowest BCUT2D eigenvalue weighted by Gasteiger charge is -2.10. The van der Waals surface area contributed by atoms with Crippen LogP contribution in [0.4, 0.5) is 5.69 Å². The van der Waals surface area contributed by atoms with E-state index in [4.69, 9.17) is 4.74 Å². The molecule has 8 nitrogen and oxygen atoms in total. The van der Waals surface area contributed by atoms with Crippen molar-refractivity contribution in [1.29, 1.82) is 0 Å². The van der Waals surface area contributed by atoms with Gasteiger partial charge in [-0.05, 0) is 35.2 Å². The molecule has 0 radical (unpaired) electrons. The summed E-state index contributed by atoms with van der Waals surface area (Å²) in [4.78, 5) is 34.0. The molecule has 152 valence electrons. The molecule has 3 rings (SSSR count). The number of nitro groups is 1. The van der Waals surface area contributed by atoms with Crippen LogP contribution < -0.4 is 4.74 Å². The van der Waals surface area contributed by atoms with Gasteiger partial charge in [-0.1, -0.05) is 36.4 Å². The Labute approximate surface area is 171 Å². The van der Waals surface area contributed by atoms with Crippen molar-refractivity contribution >= 4 is 34.5 Å². The fourth-order valence-corrected chi connectivity index (χ4v) is 2.88. The lowest BCUT2D eigenvalue weighted by Crippen LogP contribution is -2.11. The number of rotatable bonds is 7. The fraction of sp³-hybridized carbons (Fsp3) is 0.0909. The predicted octanol–water partition coefficient (Wildman–Crippen LogP) is 4.08. The Morgan fingerprint density at radius 1 is 1.07 bits per heavy atom. The van der Waals surface area contributed by atoms with Gasteiger partial charge in [0, 0.05) is 11.5 Å². The topological polar surface area (TPSA) is 116 Å². The molecule has 0 aromatic heterocycles. The molecule has 0 saturated heterocycles. The lowest BCUT2D eigenvalue weighted by molar-refractivity contribution is -0.385. The molecule has 0 heterocycles. The van der Waals surface area contributed by atoms with Gasteiger partial charge in [-0.15, -0.1) is 0 Å². The highest BCUT2D eigenvalue weighted by Gasteiger charge is 2.20. The first-order valence-corrected chi connectivity index (χ1v) is 8.82. The van der Waals surface area contributed by atoms with E-state index in [0.29, 0.717) is 16.5 Å². The van der Waals surface area contributed by atoms with E-state index in [-0.39, 0.29) is 23.6 Å². The Morgan fingerprint density at radius 3 is 2.40 bits per heavy atom. The van der Waals surface area contributed by atoms with Crippen molar-refractivity contribution in [3.63, 3.8) is 0 Å². The van der Waals surface area contributed by atoms with Gasteiger partial charge < -0.3 is 14.6 Å². The molecule has 0 atom stereocenters. The van der Waals surface area contributed by atoms with E-state index >= 15 is 0 Å². The number of carboxylic acid groups (broad SMARTS) is 1. The van der Waals surface area contributed by atoms with E-state index in [9.17, 15) is 24.8 Å². The maximum absolute atomic E-state index is 11.7. The number of esters is 1. The van der Waals surface area contributed by atoms with Gasteiger partial charge in [-0.2, -0.15) is 0 Å². The van der Waals surface area contributed by atoms with E-state index in [1.54, 1.807) is 42.5 Å². The van der Waals surface area contributed by atoms with Crippen molar-refractivity contribution in [2.24, 2.45) is 0 Å². The van der Waals surface area contributed by atoms with Crippen molar-refractivity contribution in [3.8, 4) is 5.75 Å². The third kappa shape index (κ3) is 4.44. The molecule has 0 fully saturated rings. The quantitative estimate of drug-likeness (QED) is 0.271. The second-order valence-electron chi connectivity index (χ2n) is 6.27. The van der Waals surface area contributed by atoms with Gasteiger partial charge in [0.2, 0.25) is 5.75 Å². The Balaban J connectivity index is 1.91. The van der Waals surface area contributed by atoms with Crippen LogP contribution in [0.5, 0.6) is 5.75 Å². The summed E-state index contributed by atoms with van der Waals surface area (Å²) in [6, 6.07) is 16.0. The third-order valence-corrected chi connectivity index (χ3v) is 4.37. The van der Waals surface area contributed by atoms with Crippen LogP contribution in [0.15, 0.2) is 66.2 Å². The molecule has 0 bridgehead atoms. The van der Waals surface area contributed by atoms with E-state index in [0.717, 1.165) is 5.39 Å². The van der Waals surface area contributed by atoms with Gasteiger partial charge in [0.05, 0.1) is 23.2 Å². The van der Waals surface area contributed by atoms with Gasteiger partial charge >= 0.3 is 17.6 Å². The number of benzene rings is 3. The first-order chi connectivity index (χ1) is 14.4. The summed E-state index contributed by atoms with van der Waals surface area (Å²) in [5, 5.41) is 22.2. The second kappa shape index (κ2) is 8.87. The number of nitro benzene ring substituents is 1. The summed E-state index contributed by atoms with van der Waals surface area (Å²) in [5.74, 6) is -1.73. The van der Waals surface area contributed by atoms with Gasteiger partial charge in [0.25, 0.3) is 0 Å². The highest BCUT2D eigenvalue weighted by molar-refractivity contribution is 5.94. The molecular weight excluding hydrogens is 390 g/mol. The average Bonchev–Trinajstić information content (AvgIpc) is 2.75. The summed E-state index contributed by atoms with van der Waals surface area (Å²) in [5.41, 5.74) is 0.495. The molecule has 0 saturated carbocycles. The fourth-order valence-electron chi connectivity index (χ4n) is 2.88. The lowest BCUT2D eigenvalue weighted by atomic mass is 10.1. The van der Waals surface area contributed by atoms with Gasteiger partial charge in [-0.25, -0.2) is 9.59 Å². The third-order valence-electron chi connectivity index (χ3n) is 4.37. The van der Waals surface area contributed by atoms with Crippen molar-refractivity contribution in [2.75, 3.05) is 13.7 Å². The Kier molecular flexibility index (Phi) is 6.07. The molecule has 1 N–H and O–H groups in total. The maximum atomic E-state index is 11.7. The largest absolute Gasteiger partial charge is 0.481 e. The van der Waals surface area contributed by atoms with Crippen LogP contribution in [0, 0.1) is 10.1 Å². The van der Waals surface area contributed by atoms with Gasteiger partial charge in [-0.3, -0.25) is 10.1 Å². The second-order valence-corrected chi connectivity index (χ2v) is 6.27. The highest BCUT2D eigenvalue weighted by Crippen LogP contribution is 2.35. The van der Waals surface area contributed by atoms with Crippen molar-refractivity contribution in [2.45, 2.75) is 0 Å². The van der Waals surface area contributed by atoms with Crippen LogP contribution in [0.25, 0.3) is 16.8 Å². The van der Waals surface area contributed by atoms with Crippen LogP contribution in [0.1, 0.15) is 15.9 Å². The molecule has 30 heavy (non-hydrogen) atoms. The molecule has 3 aromatic carbocycles. The summed E-state index contributed by atoms with van der Waals surface area (Å²) in [6.07, 6.45) is 1.38. The summed E-state index contributed by atoms with van der Waals surface area (Å²) in [6.45, 7) is -0.386. The number of aliphatic carboxylic acids is 1. The van der Waals surface area contributed by atoms with Crippen molar-refractivity contribution in [1.82, 2.24) is 0 Å². The number of hydrogen-bond acceptors (Lipinski definition) is 6. The van der Waals surface area contributed by atoms with Crippen molar-refractivity contribution < 1.29 is 29.1 Å². The molecule has 8 heteroatoms. The van der Waals surface area contributed by atoms with Crippen LogP contribution >= 0.6 is 0 Å². The molecule has 0 aliphatic rings. The summed E-state index contributed by atoms with van der Waals surface area (Å²) < 4.78 is 10.2. The minimum Gasteiger partial charge on any atom is -0.481 e. The van der Waals surface area contributed by atoms with E-state index in [1.165, 1.54) is 31.4 Å². The van der Waals surface area contributed by atoms with E-state index < -0.39 is 16.9 Å². The zero-order chi connectivity index (χ0) is 21.7. The molecule has 0 amide bonds. The summed E-state index contributed by atoms with van der Waals surface area (Å²) in [7, 11) is 1.27. The smallest absolute Gasteiger partial charge is 0.337 e. The number of carbonyl (C=O) groups is 2. The Hall–Kier alpha value is -4.20. The van der Waals surface area contributed by atoms with Gasteiger partial charge in [0.1, 0.15) is 6.61 Å².